The molecule has 0 spiro atoms. The van der Waals surface area contributed by atoms with Gasteiger partial charge in [0, 0.05) is 32.8 Å². The summed E-state index contributed by atoms with van der Waals surface area (Å²) in [5, 5.41) is 11.6. The minimum atomic E-state index is 0.0878. The summed E-state index contributed by atoms with van der Waals surface area (Å²) in [6.07, 6.45) is 11.3. The molecule has 0 bridgehead atoms. The highest BCUT2D eigenvalue weighted by molar-refractivity contribution is 5.72. The topological polar surface area (TPSA) is 81.9 Å². The molecule has 1 rings (SSSR count). The van der Waals surface area contributed by atoms with Crippen molar-refractivity contribution in [2.45, 2.75) is 106 Å². The SMILES string of the molecule is CC.CC(=O)NCCCCCCCC(C)C.CCCCCN(C)c1nc(C)cc(C#N)n1. The Morgan fingerprint density at radius 2 is 1.72 bits per heavy atom. The van der Waals surface area contributed by atoms with Gasteiger partial charge in [-0.05, 0) is 31.7 Å². The second-order valence-electron chi connectivity index (χ2n) is 8.37. The summed E-state index contributed by atoms with van der Waals surface area (Å²) < 4.78 is 0. The van der Waals surface area contributed by atoms with E-state index in [0.717, 1.165) is 37.5 Å². The molecule has 0 aromatic carbocycles. The maximum Gasteiger partial charge on any atom is 0.226 e. The molecule has 1 amide bonds. The monoisotopic (exact) mass is 447 g/mol. The summed E-state index contributed by atoms with van der Waals surface area (Å²) in [5.41, 5.74) is 1.27. The second-order valence-corrected chi connectivity index (χ2v) is 8.37. The Hall–Kier alpha value is -2.16. The lowest BCUT2D eigenvalue weighted by Gasteiger charge is -2.17. The zero-order valence-electron chi connectivity index (χ0n) is 22.1. The quantitative estimate of drug-likeness (QED) is 0.352. The fourth-order valence-electron chi connectivity index (χ4n) is 2.95. The van der Waals surface area contributed by atoms with Gasteiger partial charge in [-0.15, -0.1) is 0 Å². The van der Waals surface area contributed by atoms with Crippen molar-refractivity contribution < 1.29 is 4.79 Å². The molecule has 6 nitrogen and oxygen atoms in total. The van der Waals surface area contributed by atoms with Crippen molar-refractivity contribution in [3.8, 4) is 6.07 Å². The number of hydrogen-bond acceptors (Lipinski definition) is 5. The van der Waals surface area contributed by atoms with E-state index in [1.165, 1.54) is 44.9 Å². The van der Waals surface area contributed by atoms with Crippen molar-refractivity contribution in [2.24, 2.45) is 5.92 Å². The summed E-state index contributed by atoms with van der Waals surface area (Å²) in [4.78, 5) is 21.1. The van der Waals surface area contributed by atoms with Gasteiger partial charge in [-0.1, -0.05) is 79.6 Å². The van der Waals surface area contributed by atoms with Crippen molar-refractivity contribution in [1.82, 2.24) is 15.3 Å². The lowest BCUT2D eigenvalue weighted by Crippen LogP contribution is -2.21. The van der Waals surface area contributed by atoms with E-state index < -0.39 is 0 Å². The highest BCUT2D eigenvalue weighted by atomic mass is 16.1. The molecule has 0 saturated carbocycles. The van der Waals surface area contributed by atoms with Gasteiger partial charge in [-0.2, -0.15) is 5.26 Å². The first-order chi connectivity index (χ1) is 15.3. The number of nitriles is 1. The first kappa shape index (κ1) is 32.0. The van der Waals surface area contributed by atoms with Crippen molar-refractivity contribution in [1.29, 1.82) is 5.26 Å². The molecule has 32 heavy (non-hydrogen) atoms. The van der Waals surface area contributed by atoms with E-state index in [0.29, 0.717) is 11.6 Å². The summed E-state index contributed by atoms with van der Waals surface area (Å²) in [6, 6.07) is 3.75. The molecular formula is C26H49N5O. The molecule has 0 atom stereocenters. The van der Waals surface area contributed by atoms with Gasteiger partial charge in [0.2, 0.25) is 11.9 Å². The third kappa shape index (κ3) is 19.8. The number of amides is 1. The van der Waals surface area contributed by atoms with Gasteiger partial charge in [-0.25, -0.2) is 9.97 Å². The molecule has 0 aliphatic carbocycles. The molecule has 1 aromatic rings. The van der Waals surface area contributed by atoms with Gasteiger partial charge >= 0.3 is 0 Å². The molecule has 6 heteroatoms. The Kier molecular flexibility index (Phi) is 22.1. The normalized spacial score (nSPS) is 9.75. The molecule has 0 aliphatic rings. The highest BCUT2D eigenvalue weighted by Gasteiger charge is 2.06. The van der Waals surface area contributed by atoms with Crippen LogP contribution in [0.5, 0.6) is 0 Å². The molecule has 1 N–H and O–H groups in total. The Bertz CT molecular complexity index is 625. The van der Waals surface area contributed by atoms with Gasteiger partial charge < -0.3 is 10.2 Å². The predicted molar refractivity (Wildman–Crippen MR) is 137 cm³/mol. The van der Waals surface area contributed by atoms with Gasteiger partial charge in [0.15, 0.2) is 0 Å². The van der Waals surface area contributed by atoms with E-state index in [9.17, 15) is 4.79 Å². The molecule has 1 aromatic heterocycles. The van der Waals surface area contributed by atoms with Crippen molar-refractivity contribution >= 4 is 11.9 Å². The smallest absolute Gasteiger partial charge is 0.226 e. The summed E-state index contributed by atoms with van der Waals surface area (Å²) in [6.45, 7) is 16.0. The fourth-order valence-corrected chi connectivity index (χ4v) is 2.95. The first-order valence-electron chi connectivity index (χ1n) is 12.5. The van der Waals surface area contributed by atoms with Gasteiger partial charge in [0.05, 0.1) is 0 Å². The Labute approximate surface area is 198 Å². The van der Waals surface area contributed by atoms with Crippen LogP contribution in [0, 0.1) is 24.2 Å². The predicted octanol–water partition coefficient (Wildman–Crippen LogP) is 6.43. The number of nitrogens with one attached hydrogen (secondary N) is 1. The van der Waals surface area contributed by atoms with Crippen LogP contribution < -0.4 is 10.2 Å². The summed E-state index contributed by atoms with van der Waals surface area (Å²) in [7, 11) is 1.96. The lowest BCUT2D eigenvalue weighted by atomic mass is 10.0. The van der Waals surface area contributed by atoms with Crippen LogP contribution in [0.2, 0.25) is 0 Å². The van der Waals surface area contributed by atoms with Gasteiger partial charge in [0.25, 0.3) is 0 Å². The molecule has 1 heterocycles. The van der Waals surface area contributed by atoms with Crippen LogP contribution >= 0.6 is 0 Å². The van der Waals surface area contributed by atoms with Crippen molar-refractivity contribution in [3.63, 3.8) is 0 Å². The van der Waals surface area contributed by atoms with E-state index in [-0.39, 0.29) is 5.91 Å². The minimum absolute atomic E-state index is 0.0878. The molecule has 0 radical (unpaired) electrons. The van der Waals surface area contributed by atoms with Crippen molar-refractivity contribution in [2.75, 3.05) is 25.0 Å². The van der Waals surface area contributed by atoms with Crippen LogP contribution in [0.1, 0.15) is 111 Å². The van der Waals surface area contributed by atoms with Crippen molar-refractivity contribution in [3.05, 3.63) is 17.5 Å². The number of rotatable bonds is 13. The number of hydrogen-bond donors (Lipinski definition) is 1. The standard InChI is InChI=1S/C12H18N4.C12H25NO.C2H6/c1-4-5-6-7-16(3)12-14-10(2)8-11(9-13)15-12;1-11(2)9-7-5-4-6-8-10-13-12(3)14;1-2/h8H,4-7H2,1-3H3;11H,4-10H2,1-3H3,(H,13,14);1-2H3. The second kappa shape index (κ2) is 22.0. The number of nitrogens with zero attached hydrogens (tertiary/aromatic N) is 4. The van der Waals surface area contributed by atoms with Gasteiger partial charge in [0.1, 0.15) is 11.8 Å². The van der Waals surface area contributed by atoms with Crippen LogP contribution in [0.15, 0.2) is 6.07 Å². The molecule has 0 unspecified atom stereocenters. The number of anilines is 1. The highest BCUT2D eigenvalue weighted by Crippen LogP contribution is 2.10. The van der Waals surface area contributed by atoms with Gasteiger partial charge in [-0.3, -0.25) is 4.79 Å². The average molecular weight is 448 g/mol. The third-order valence-corrected chi connectivity index (χ3v) is 4.73. The van der Waals surface area contributed by atoms with Crippen LogP contribution in [-0.4, -0.2) is 36.0 Å². The maximum atomic E-state index is 10.5. The minimum Gasteiger partial charge on any atom is -0.356 e. The molecule has 0 fully saturated rings. The number of unbranched alkanes of at least 4 members (excludes halogenated alkanes) is 6. The largest absolute Gasteiger partial charge is 0.356 e. The lowest BCUT2D eigenvalue weighted by molar-refractivity contribution is -0.118. The maximum absolute atomic E-state index is 10.5. The summed E-state index contributed by atoms with van der Waals surface area (Å²) >= 11 is 0. The number of aromatic nitrogens is 2. The van der Waals surface area contributed by atoms with E-state index in [1.54, 1.807) is 13.0 Å². The molecule has 0 aliphatic heterocycles. The Morgan fingerprint density at radius 3 is 2.28 bits per heavy atom. The van der Waals surface area contributed by atoms with Crippen LogP contribution in [-0.2, 0) is 4.79 Å². The number of aryl methyl sites for hydroxylation is 1. The molecule has 184 valence electrons. The Balaban J connectivity index is 0. The first-order valence-corrected chi connectivity index (χ1v) is 12.5. The van der Waals surface area contributed by atoms with E-state index in [1.807, 2.05) is 32.7 Å². The number of carbonyl (C=O) groups excluding carboxylic acids is 1. The Morgan fingerprint density at radius 1 is 1.09 bits per heavy atom. The van der Waals surface area contributed by atoms with E-state index >= 15 is 0 Å². The van der Waals surface area contributed by atoms with Crippen LogP contribution in [0.3, 0.4) is 0 Å². The fraction of sp³-hybridized carbons (Fsp3) is 0.769. The van der Waals surface area contributed by atoms with E-state index in [4.69, 9.17) is 5.26 Å². The molecule has 0 saturated heterocycles. The molecular weight excluding hydrogens is 398 g/mol. The van der Waals surface area contributed by atoms with Crippen LogP contribution in [0.25, 0.3) is 0 Å². The van der Waals surface area contributed by atoms with E-state index in [2.05, 4.69) is 42.1 Å². The van der Waals surface area contributed by atoms with Crippen LogP contribution in [0.4, 0.5) is 5.95 Å². The summed E-state index contributed by atoms with van der Waals surface area (Å²) in [5.74, 6) is 1.58. The number of carbonyl (C=O) groups is 1. The zero-order chi connectivity index (χ0) is 24.8. The third-order valence-electron chi connectivity index (χ3n) is 4.73. The average Bonchev–Trinajstić information content (AvgIpc) is 2.76. The zero-order valence-corrected chi connectivity index (χ0v) is 22.1.